The van der Waals surface area contributed by atoms with Gasteiger partial charge in [0.1, 0.15) is 0 Å². The summed E-state index contributed by atoms with van der Waals surface area (Å²) in [4.78, 5) is 18.1. The Morgan fingerprint density at radius 1 is 1.32 bits per heavy atom. The van der Waals surface area contributed by atoms with E-state index >= 15 is 0 Å². The van der Waals surface area contributed by atoms with Crippen LogP contribution in [0.2, 0.25) is 0 Å². The molecule has 6 nitrogen and oxygen atoms in total. The molecule has 0 bridgehead atoms. The number of amides is 1. The number of nitrogens with zero attached hydrogens (tertiary/aromatic N) is 2. The zero-order valence-corrected chi connectivity index (χ0v) is 14.9. The number of aliphatic imine (C=N–C) groups is 1. The molecule has 25 heavy (non-hydrogen) atoms. The van der Waals surface area contributed by atoms with Crippen LogP contribution < -0.4 is 11.1 Å². The number of rotatable bonds is 5. The van der Waals surface area contributed by atoms with Crippen molar-refractivity contribution in [3.8, 4) is 0 Å². The van der Waals surface area contributed by atoms with E-state index in [1.54, 1.807) is 4.90 Å². The summed E-state index contributed by atoms with van der Waals surface area (Å²) in [5.41, 5.74) is 7.63. The molecule has 6 heteroatoms. The number of carbonyl (C=O) groups excluding carboxylic acids is 1. The van der Waals surface area contributed by atoms with Crippen molar-refractivity contribution in [1.82, 2.24) is 10.2 Å². The molecule has 3 N–H and O–H groups in total. The quantitative estimate of drug-likeness (QED) is 0.634. The average Bonchev–Trinajstić information content (AvgIpc) is 3.43. The van der Waals surface area contributed by atoms with Crippen molar-refractivity contribution in [3.63, 3.8) is 0 Å². The molecule has 1 saturated carbocycles. The third-order valence-electron chi connectivity index (χ3n) is 5.16. The number of piperidine rings is 1. The van der Waals surface area contributed by atoms with Crippen LogP contribution in [0.4, 0.5) is 4.79 Å². The minimum absolute atomic E-state index is 0.181. The van der Waals surface area contributed by atoms with Gasteiger partial charge in [-0.1, -0.05) is 30.3 Å². The van der Waals surface area contributed by atoms with Crippen LogP contribution >= 0.6 is 0 Å². The molecule has 2 fully saturated rings. The molecule has 0 unspecified atom stereocenters. The summed E-state index contributed by atoms with van der Waals surface area (Å²) in [7, 11) is 0. The first-order valence-electron chi connectivity index (χ1n) is 9.17. The highest BCUT2D eigenvalue weighted by Gasteiger charge is 2.43. The second kappa shape index (κ2) is 7.76. The van der Waals surface area contributed by atoms with Crippen molar-refractivity contribution in [2.75, 3.05) is 26.2 Å². The maximum atomic E-state index is 11.7. The van der Waals surface area contributed by atoms with Gasteiger partial charge in [-0.2, -0.15) is 0 Å². The number of nitrogens with two attached hydrogens (primary N) is 1. The second-order valence-electron chi connectivity index (χ2n) is 6.95. The lowest BCUT2D eigenvalue weighted by molar-refractivity contribution is 0.0963. The Morgan fingerprint density at radius 3 is 2.60 bits per heavy atom. The zero-order valence-electron chi connectivity index (χ0n) is 14.9. The van der Waals surface area contributed by atoms with Gasteiger partial charge in [0.15, 0.2) is 5.96 Å². The molecular formula is C19H28N4O2. The Morgan fingerprint density at radius 2 is 2.00 bits per heavy atom. The average molecular weight is 344 g/mol. The molecule has 136 valence electrons. The minimum Gasteiger partial charge on any atom is -0.450 e. The van der Waals surface area contributed by atoms with Crippen molar-refractivity contribution in [3.05, 3.63) is 35.9 Å². The number of ether oxygens (including phenoxy) is 1. The van der Waals surface area contributed by atoms with Gasteiger partial charge < -0.3 is 20.7 Å². The molecule has 2 aliphatic rings. The van der Waals surface area contributed by atoms with Gasteiger partial charge in [0.05, 0.1) is 13.2 Å². The third kappa shape index (κ3) is 4.44. The van der Waals surface area contributed by atoms with Gasteiger partial charge in [0.2, 0.25) is 0 Å². The normalized spacial score (nSPS) is 20.2. The Kier molecular flexibility index (Phi) is 5.46. The summed E-state index contributed by atoms with van der Waals surface area (Å²) >= 11 is 0. The van der Waals surface area contributed by atoms with Crippen LogP contribution in [0.3, 0.4) is 0 Å². The fourth-order valence-electron chi connectivity index (χ4n) is 3.39. The summed E-state index contributed by atoms with van der Waals surface area (Å²) in [6.45, 7) is 4.36. The number of benzene rings is 1. The van der Waals surface area contributed by atoms with E-state index < -0.39 is 0 Å². The predicted molar refractivity (Wildman–Crippen MR) is 98.6 cm³/mol. The predicted octanol–water partition coefficient (Wildman–Crippen LogP) is 2.24. The lowest BCUT2D eigenvalue weighted by Gasteiger charge is -2.31. The SMILES string of the molecule is CCOC(=O)N1CCC(NC(N)=NCC2(c3ccccc3)CC2)CC1. The smallest absolute Gasteiger partial charge is 0.409 e. The number of carbonyl (C=O) groups is 1. The molecule has 1 saturated heterocycles. The van der Waals surface area contributed by atoms with Gasteiger partial charge in [-0.25, -0.2) is 4.79 Å². The van der Waals surface area contributed by atoms with E-state index in [-0.39, 0.29) is 17.6 Å². The topological polar surface area (TPSA) is 80.0 Å². The third-order valence-corrected chi connectivity index (χ3v) is 5.16. The highest BCUT2D eigenvalue weighted by molar-refractivity contribution is 5.78. The fourth-order valence-corrected chi connectivity index (χ4v) is 3.39. The van der Waals surface area contributed by atoms with Crippen LogP contribution in [0.25, 0.3) is 0 Å². The van der Waals surface area contributed by atoms with Crippen molar-refractivity contribution in [2.24, 2.45) is 10.7 Å². The number of likely N-dealkylation sites (tertiary alicyclic amines) is 1. The monoisotopic (exact) mass is 344 g/mol. The maximum absolute atomic E-state index is 11.7. The first kappa shape index (κ1) is 17.6. The highest BCUT2D eigenvalue weighted by Crippen LogP contribution is 2.48. The largest absolute Gasteiger partial charge is 0.450 e. The second-order valence-corrected chi connectivity index (χ2v) is 6.95. The van der Waals surface area contributed by atoms with Gasteiger partial charge in [0, 0.05) is 24.5 Å². The van der Waals surface area contributed by atoms with E-state index in [2.05, 4.69) is 34.6 Å². The van der Waals surface area contributed by atoms with E-state index in [0.717, 1.165) is 19.4 Å². The van der Waals surface area contributed by atoms with E-state index in [1.807, 2.05) is 13.0 Å². The van der Waals surface area contributed by atoms with Crippen molar-refractivity contribution >= 4 is 12.1 Å². The lowest BCUT2D eigenvalue weighted by Crippen LogP contribution is -2.48. The Bertz CT molecular complexity index is 605. The van der Waals surface area contributed by atoms with Crippen LogP contribution in [0.1, 0.15) is 38.2 Å². The minimum atomic E-state index is -0.221. The number of hydrogen-bond acceptors (Lipinski definition) is 3. The first-order valence-corrected chi connectivity index (χ1v) is 9.17. The van der Waals surface area contributed by atoms with Crippen molar-refractivity contribution < 1.29 is 9.53 Å². The van der Waals surface area contributed by atoms with Crippen LogP contribution in [0.5, 0.6) is 0 Å². The Hall–Kier alpha value is -2.24. The van der Waals surface area contributed by atoms with Crippen LogP contribution in [-0.4, -0.2) is 49.2 Å². The standard InChI is InChI=1S/C19H28N4O2/c1-2-25-18(24)23-12-8-16(9-13-23)22-17(20)21-14-19(10-11-19)15-6-4-3-5-7-15/h3-7,16H,2,8-14H2,1H3,(H3,20,21,22). The molecule has 0 aromatic heterocycles. The van der Waals surface area contributed by atoms with Gasteiger partial charge in [-0.05, 0) is 38.2 Å². The number of nitrogens with one attached hydrogen (secondary N) is 1. The fraction of sp³-hybridized carbons (Fsp3) is 0.579. The highest BCUT2D eigenvalue weighted by atomic mass is 16.6. The van der Waals surface area contributed by atoms with E-state index in [9.17, 15) is 4.79 Å². The van der Waals surface area contributed by atoms with E-state index in [4.69, 9.17) is 10.5 Å². The van der Waals surface area contributed by atoms with Crippen LogP contribution in [0.15, 0.2) is 35.3 Å². The molecular weight excluding hydrogens is 316 g/mol. The van der Waals surface area contributed by atoms with E-state index in [1.165, 1.54) is 18.4 Å². The van der Waals surface area contributed by atoms with E-state index in [0.29, 0.717) is 25.7 Å². The van der Waals surface area contributed by atoms with Crippen molar-refractivity contribution in [2.45, 2.75) is 44.1 Å². The van der Waals surface area contributed by atoms with Gasteiger partial charge in [-0.15, -0.1) is 0 Å². The lowest BCUT2D eigenvalue weighted by atomic mass is 9.96. The van der Waals surface area contributed by atoms with Gasteiger partial charge in [0.25, 0.3) is 0 Å². The molecule has 1 amide bonds. The summed E-state index contributed by atoms with van der Waals surface area (Å²) in [5, 5.41) is 3.31. The summed E-state index contributed by atoms with van der Waals surface area (Å²) in [5.74, 6) is 0.511. The number of guanidine groups is 1. The molecule has 0 atom stereocenters. The molecule has 1 heterocycles. The molecule has 3 rings (SSSR count). The summed E-state index contributed by atoms with van der Waals surface area (Å²) in [6, 6.07) is 10.8. The maximum Gasteiger partial charge on any atom is 0.409 e. The van der Waals surface area contributed by atoms with Crippen LogP contribution in [0, 0.1) is 0 Å². The summed E-state index contributed by atoms with van der Waals surface area (Å²) in [6.07, 6.45) is 3.84. The Labute approximate surface area is 149 Å². The Balaban J connectivity index is 1.46. The van der Waals surface area contributed by atoms with Gasteiger partial charge in [-0.3, -0.25) is 4.99 Å². The van der Waals surface area contributed by atoms with Crippen LogP contribution in [-0.2, 0) is 10.2 Å². The molecule has 0 spiro atoms. The zero-order chi connectivity index (χ0) is 17.7. The molecule has 1 aromatic rings. The summed E-state index contributed by atoms with van der Waals surface area (Å²) < 4.78 is 5.04. The molecule has 1 aliphatic heterocycles. The van der Waals surface area contributed by atoms with Gasteiger partial charge >= 0.3 is 6.09 Å². The van der Waals surface area contributed by atoms with Crippen molar-refractivity contribution in [1.29, 1.82) is 0 Å². The molecule has 1 aliphatic carbocycles. The molecule has 1 aromatic carbocycles. The molecule has 0 radical (unpaired) electrons. The number of hydrogen-bond donors (Lipinski definition) is 2. The first-order chi connectivity index (χ1) is 12.1.